The highest BCUT2D eigenvalue weighted by Gasteiger charge is 2.34. The summed E-state index contributed by atoms with van der Waals surface area (Å²) in [7, 11) is 2.61. The van der Waals surface area contributed by atoms with Crippen LogP contribution in [0.25, 0.3) is 0 Å². The van der Waals surface area contributed by atoms with Crippen molar-refractivity contribution in [3.05, 3.63) is 65.2 Å². The van der Waals surface area contributed by atoms with E-state index >= 15 is 0 Å². The minimum absolute atomic E-state index is 0.306. The third kappa shape index (κ3) is 3.96. The molecular weight excluding hydrogens is 301 g/mol. The highest BCUT2D eigenvalue weighted by atomic mass is 33.1. The van der Waals surface area contributed by atoms with Crippen molar-refractivity contribution >= 4 is 21.6 Å². The monoisotopic (exact) mass is 314 g/mol. The molecule has 20 heavy (non-hydrogen) atoms. The van der Waals surface area contributed by atoms with Crippen LogP contribution in [-0.4, -0.2) is 0 Å². The normalized spacial score (nSPS) is 11.6. The Morgan fingerprint density at radius 2 is 1.65 bits per heavy atom. The average molecular weight is 314 g/mol. The van der Waals surface area contributed by atoms with Gasteiger partial charge in [-0.05, 0) is 24.1 Å². The first-order valence-electron chi connectivity index (χ1n) is 5.98. The molecular formula is C15H13F3S2. The van der Waals surface area contributed by atoms with E-state index in [1.807, 2.05) is 30.3 Å². The number of hydrogen-bond donors (Lipinski definition) is 0. The van der Waals surface area contributed by atoms with Gasteiger partial charge in [-0.2, -0.15) is 13.2 Å². The lowest BCUT2D eigenvalue weighted by Gasteiger charge is -2.14. The van der Waals surface area contributed by atoms with Gasteiger partial charge in [0.15, 0.2) is 0 Å². The molecule has 0 amide bonds. The second kappa shape index (κ2) is 6.59. The maximum absolute atomic E-state index is 13.0. The lowest BCUT2D eigenvalue weighted by atomic mass is 10.1. The molecule has 0 heterocycles. The quantitative estimate of drug-likeness (QED) is 0.639. The van der Waals surface area contributed by atoms with Crippen molar-refractivity contribution in [3.63, 3.8) is 0 Å². The molecule has 0 N–H and O–H groups in total. The summed E-state index contributed by atoms with van der Waals surface area (Å²) in [6.45, 7) is 1.71. The van der Waals surface area contributed by atoms with E-state index in [2.05, 4.69) is 0 Å². The first-order valence-corrected chi connectivity index (χ1v) is 8.30. The average Bonchev–Trinajstić information content (AvgIpc) is 2.40. The Morgan fingerprint density at radius 3 is 2.30 bits per heavy atom. The van der Waals surface area contributed by atoms with Crippen molar-refractivity contribution < 1.29 is 13.2 Å². The summed E-state index contributed by atoms with van der Waals surface area (Å²) in [5, 5.41) is 0. The molecule has 0 aliphatic carbocycles. The third-order valence-electron chi connectivity index (χ3n) is 2.73. The topological polar surface area (TPSA) is 0 Å². The summed E-state index contributed by atoms with van der Waals surface area (Å²) < 4.78 is 38.9. The van der Waals surface area contributed by atoms with Crippen LogP contribution in [0.15, 0.2) is 53.4 Å². The maximum atomic E-state index is 13.0. The van der Waals surface area contributed by atoms with Gasteiger partial charge in [-0.25, -0.2) is 0 Å². The van der Waals surface area contributed by atoms with Gasteiger partial charge in [0.2, 0.25) is 0 Å². The zero-order chi connectivity index (χ0) is 14.6. The van der Waals surface area contributed by atoms with E-state index in [4.69, 9.17) is 0 Å². The van der Waals surface area contributed by atoms with Gasteiger partial charge in [0.1, 0.15) is 0 Å². The molecule has 0 fully saturated rings. The third-order valence-corrected chi connectivity index (χ3v) is 5.21. The first kappa shape index (κ1) is 15.3. The molecule has 0 unspecified atom stereocenters. The van der Waals surface area contributed by atoms with Gasteiger partial charge >= 0.3 is 6.18 Å². The number of halogens is 3. The Bertz CT molecular complexity index is 565. The highest BCUT2D eigenvalue weighted by molar-refractivity contribution is 8.76. The van der Waals surface area contributed by atoms with Crippen LogP contribution in [0, 0.1) is 6.92 Å². The van der Waals surface area contributed by atoms with Crippen LogP contribution in [-0.2, 0) is 11.9 Å². The Kier molecular flexibility index (Phi) is 5.05. The molecule has 2 rings (SSSR count). The predicted molar refractivity (Wildman–Crippen MR) is 79.8 cm³/mol. The first-order chi connectivity index (χ1) is 9.48. The summed E-state index contributed by atoms with van der Waals surface area (Å²) in [5.41, 5.74) is 1.21. The number of aryl methyl sites for hydroxylation is 1. The maximum Gasteiger partial charge on any atom is 0.417 e. The van der Waals surface area contributed by atoms with Crippen LogP contribution >= 0.6 is 21.6 Å². The SMILES string of the molecule is Cc1cccc(C(F)(F)F)c1SSCc1ccccc1. The zero-order valence-corrected chi connectivity index (χ0v) is 12.4. The molecule has 0 spiro atoms. The van der Waals surface area contributed by atoms with Gasteiger partial charge in [0, 0.05) is 10.6 Å². The Labute approximate surface area is 124 Å². The molecule has 0 aliphatic heterocycles. The Morgan fingerprint density at radius 1 is 0.950 bits per heavy atom. The lowest BCUT2D eigenvalue weighted by Crippen LogP contribution is -2.07. The Hall–Kier alpha value is -1.07. The Balaban J connectivity index is 2.10. The van der Waals surface area contributed by atoms with Crippen LogP contribution in [0.3, 0.4) is 0 Å². The fourth-order valence-electron chi connectivity index (χ4n) is 1.72. The van der Waals surface area contributed by atoms with Crippen molar-refractivity contribution in [2.75, 3.05) is 0 Å². The van der Waals surface area contributed by atoms with Gasteiger partial charge in [-0.1, -0.05) is 64.1 Å². The zero-order valence-electron chi connectivity index (χ0n) is 10.8. The fraction of sp³-hybridized carbons (Fsp3) is 0.200. The van der Waals surface area contributed by atoms with Gasteiger partial charge in [-0.15, -0.1) is 0 Å². The van der Waals surface area contributed by atoms with E-state index in [1.54, 1.807) is 13.0 Å². The minimum Gasteiger partial charge on any atom is -0.166 e. The summed E-state index contributed by atoms with van der Waals surface area (Å²) in [4.78, 5) is 0.306. The molecule has 0 saturated heterocycles. The molecule has 0 aliphatic rings. The lowest BCUT2D eigenvalue weighted by molar-refractivity contribution is -0.139. The number of hydrogen-bond acceptors (Lipinski definition) is 2. The molecule has 0 aromatic heterocycles. The summed E-state index contributed by atoms with van der Waals surface area (Å²) in [6.07, 6.45) is -4.30. The summed E-state index contributed by atoms with van der Waals surface area (Å²) in [6, 6.07) is 14.0. The largest absolute Gasteiger partial charge is 0.417 e. The highest BCUT2D eigenvalue weighted by Crippen LogP contribution is 2.43. The minimum atomic E-state index is -4.30. The van der Waals surface area contributed by atoms with E-state index in [1.165, 1.54) is 27.7 Å². The number of benzene rings is 2. The van der Waals surface area contributed by atoms with E-state index in [9.17, 15) is 13.2 Å². The van der Waals surface area contributed by atoms with Gasteiger partial charge in [0.25, 0.3) is 0 Å². The summed E-state index contributed by atoms with van der Waals surface area (Å²) >= 11 is 0. The van der Waals surface area contributed by atoms with E-state index in [0.29, 0.717) is 16.2 Å². The second-order valence-corrected chi connectivity index (χ2v) is 6.59. The number of alkyl halides is 3. The molecule has 0 radical (unpaired) electrons. The van der Waals surface area contributed by atoms with Crippen molar-refractivity contribution in [1.82, 2.24) is 0 Å². The second-order valence-electron chi connectivity index (χ2n) is 4.28. The fourth-order valence-corrected chi connectivity index (χ4v) is 4.30. The molecule has 0 nitrogen and oxygen atoms in total. The predicted octanol–water partition coefficient (Wildman–Crippen LogP) is 5.95. The molecule has 106 valence electrons. The van der Waals surface area contributed by atoms with E-state index in [-0.39, 0.29) is 0 Å². The summed E-state index contributed by atoms with van der Waals surface area (Å²) in [5.74, 6) is 0.678. The van der Waals surface area contributed by atoms with Crippen LogP contribution in [0.1, 0.15) is 16.7 Å². The smallest absolute Gasteiger partial charge is 0.166 e. The van der Waals surface area contributed by atoms with Crippen LogP contribution in [0.5, 0.6) is 0 Å². The van der Waals surface area contributed by atoms with Crippen molar-refractivity contribution in [2.45, 2.75) is 23.7 Å². The van der Waals surface area contributed by atoms with Gasteiger partial charge < -0.3 is 0 Å². The van der Waals surface area contributed by atoms with Crippen molar-refractivity contribution in [1.29, 1.82) is 0 Å². The molecule has 2 aromatic carbocycles. The van der Waals surface area contributed by atoms with Crippen molar-refractivity contribution in [3.8, 4) is 0 Å². The van der Waals surface area contributed by atoms with Gasteiger partial charge in [0.05, 0.1) is 5.56 Å². The molecule has 0 atom stereocenters. The molecule has 0 saturated carbocycles. The van der Waals surface area contributed by atoms with Crippen LogP contribution in [0.2, 0.25) is 0 Å². The number of rotatable bonds is 4. The standard InChI is InChI=1S/C15H13F3S2/c1-11-6-5-9-13(15(16,17)18)14(11)20-19-10-12-7-3-2-4-8-12/h2-9H,10H2,1H3. The molecule has 2 aromatic rings. The van der Waals surface area contributed by atoms with E-state index < -0.39 is 11.7 Å². The molecule has 5 heteroatoms. The van der Waals surface area contributed by atoms with Crippen LogP contribution in [0.4, 0.5) is 13.2 Å². The van der Waals surface area contributed by atoms with Gasteiger partial charge in [-0.3, -0.25) is 0 Å². The van der Waals surface area contributed by atoms with Crippen LogP contribution < -0.4 is 0 Å². The van der Waals surface area contributed by atoms with E-state index in [0.717, 1.165) is 11.6 Å². The molecule has 0 bridgehead atoms. The van der Waals surface area contributed by atoms with Crippen molar-refractivity contribution in [2.24, 2.45) is 0 Å².